The van der Waals surface area contributed by atoms with Crippen LogP contribution in [0.25, 0.3) is 0 Å². The molecule has 168 valence electrons. The maximum Gasteiger partial charge on any atom is 0.236 e. The van der Waals surface area contributed by atoms with E-state index in [1.54, 1.807) is 7.05 Å². The number of hydrogen-bond donors (Lipinski definition) is 1. The third-order valence-electron chi connectivity index (χ3n) is 5.53. The van der Waals surface area contributed by atoms with Gasteiger partial charge in [0, 0.05) is 63.5 Å². The standard InChI is InChI=1S/C21H33N5O2S.HI/c1-22-21(23-10-17-29(28)19-8-4-2-5-9-19)26-15-13-24(14-16-26)18-20(27)25-11-6-3-7-12-25;/h2,4-5,8-9H,3,6-7,10-18H2,1H3,(H,22,23);1H. The van der Waals surface area contributed by atoms with Crippen molar-refractivity contribution in [1.82, 2.24) is 20.0 Å². The van der Waals surface area contributed by atoms with Gasteiger partial charge >= 0.3 is 0 Å². The summed E-state index contributed by atoms with van der Waals surface area (Å²) >= 11 is 0. The molecule has 1 aromatic rings. The van der Waals surface area contributed by atoms with Gasteiger partial charge in [0.2, 0.25) is 5.91 Å². The Morgan fingerprint density at radius 3 is 2.30 bits per heavy atom. The van der Waals surface area contributed by atoms with Crippen molar-refractivity contribution in [3.05, 3.63) is 30.3 Å². The number of guanidine groups is 1. The van der Waals surface area contributed by atoms with Crippen molar-refractivity contribution in [2.24, 2.45) is 4.99 Å². The minimum absolute atomic E-state index is 0. The summed E-state index contributed by atoms with van der Waals surface area (Å²) in [7, 11) is 0.772. The molecule has 3 rings (SSSR count). The lowest BCUT2D eigenvalue weighted by atomic mass is 10.1. The van der Waals surface area contributed by atoms with Crippen LogP contribution in [0.15, 0.2) is 40.2 Å². The Kier molecular flexibility index (Phi) is 11.1. The van der Waals surface area contributed by atoms with Crippen molar-refractivity contribution in [2.45, 2.75) is 24.2 Å². The van der Waals surface area contributed by atoms with Crippen LogP contribution in [0.2, 0.25) is 0 Å². The molecule has 0 aliphatic carbocycles. The Hall–Kier alpha value is -1.20. The molecular formula is C21H34IN5O2S. The number of likely N-dealkylation sites (tertiary alicyclic amines) is 1. The summed E-state index contributed by atoms with van der Waals surface area (Å²) in [5.74, 6) is 1.66. The Morgan fingerprint density at radius 2 is 1.67 bits per heavy atom. The van der Waals surface area contributed by atoms with E-state index in [0.29, 0.717) is 18.8 Å². The quantitative estimate of drug-likeness (QED) is 0.333. The van der Waals surface area contributed by atoms with Crippen LogP contribution in [0.4, 0.5) is 0 Å². The highest BCUT2D eigenvalue weighted by Gasteiger charge is 2.24. The maximum absolute atomic E-state index is 12.5. The fraction of sp³-hybridized carbons (Fsp3) is 0.619. The first-order valence-electron chi connectivity index (χ1n) is 10.6. The van der Waals surface area contributed by atoms with E-state index in [4.69, 9.17) is 0 Å². The number of carbonyl (C=O) groups is 1. The molecule has 1 unspecified atom stereocenters. The van der Waals surface area contributed by atoms with Gasteiger partial charge in [-0.15, -0.1) is 24.0 Å². The molecule has 2 aliphatic heterocycles. The average Bonchev–Trinajstić information content (AvgIpc) is 2.78. The van der Waals surface area contributed by atoms with Crippen molar-refractivity contribution in [2.75, 3.05) is 65.2 Å². The molecule has 2 saturated heterocycles. The molecule has 7 nitrogen and oxygen atoms in total. The summed E-state index contributed by atoms with van der Waals surface area (Å²) < 4.78 is 12.3. The second-order valence-corrected chi connectivity index (χ2v) is 9.11. The molecule has 9 heteroatoms. The van der Waals surface area contributed by atoms with Gasteiger partial charge in [0.15, 0.2) is 5.96 Å². The van der Waals surface area contributed by atoms with Crippen molar-refractivity contribution in [1.29, 1.82) is 0 Å². The predicted molar refractivity (Wildman–Crippen MR) is 133 cm³/mol. The van der Waals surface area contributed by atoms with Crippen LogP contribution in [0.5, 0.6) is 0 Å². The average molecular weight is 548 g/mol. The number of amides is 1. The molecule has 2 aliphatic rings. The van der Waals surface area contributed by atoms with Gasteiger partial charge in [0.1, 0.15) is 0 Å². The van der Waals surface area contributed by atoms with Crippen molar-refractivity contribution < 1.29 is 9.00 Å². The lowest BCUT2D eigenvalue weighted by molar-refractivity contribution is -0.133. The van der Waals surface area contributed by atoms with Gasteiger partial charge in [-0.05, 0) is 31.4 Å². The number of carbonyl (C=O) groups excluding carboxylic acids is 1. The van der Waals surface area contributed by atoms with Crippen LogP contribution in [0.1, 0.15) is 19.3 Å². The van der Waals surface area contributed by atoms with Crippen LogP contribution in [-0.4, -0.2) is 95.9 Å². The van der Waals surface area contributed by atoms with Crippen LogP contribution >= 0.6 is 24.0 Å². The number of piperidine rings is 1. The maximum atomic E-state index is 12.5. The molecule has 1 amide bonds. The van der Waals surface area contributed by atoms with E-state index in [1.165, 1.54) is 6.42 Å². The number of benzene rings is 1. The zero-order chi connectivity index (χ0) is 20.5. The molecule has 30 heavy (non-hydrogen) atoms. The molecule has 2 heterocycles. The molecular weight excluding hydrogens is 513 g/mol. The summed E-state index contributed by atoms with van der Waals surface area (Å²) in [5.41, 5.74) is 0. The van der Waals surface area contributed by atoms with Crippen LogP contribution in [0, 0.1) is 0 Å². The summed E-state index contributed by atoms with van der Waals surface area (Å²) in [5, 5.41) is 3.34. The van der Waals surface area contributed by atoms with E-state index in [2.05, 4.69) is 20.1 Å². The van der Waals surface area contributed by atoms with Gasteiger partial charge in [-0.3, -0.25) is 18.9 Å². The zero-order valence-corrected chi connectivity index (χ0v) is 20.9. The number of rotatable bonds is 6. The van der Waals surface area contributed by atoms with Crippen molar-refractivity contribution in [3.63, 3.8) is 0 Å². The molecule has 1 N–H and O–H groups in total. The number of nitrogens with one attached hydrogen (secondary N) is 1. The third kappa shape index (κ3) is 7.49. The summed E-state index contributed by atoms with van der Waals surface area (Å²) in [6.07, 6.45) is 3.51. The number of piperazine rings is 1. The van der Waals surface area contributed by atoms with E-state index in [0.717, 1.165) is 63.0 Å². The lowest BCUT2D eigenvalue weighted by Gasteiger charge is -2.37. The smallest absolute Gasteiger partial charge is 0.236 e. The van der Waals surface area contributed by atoms with Crippen LogP contribution in [0.3, 0.4) is 0 Å². The fourth-order valence-corrected chi connectivity index (χ4v) is 4.81. The first-order valence-corrected chi connectivity index (χ1v) is 11.9. The second-order valence-electron chi connectivity index (χ2n) is 7.54. The SMILES string of the molecule is CN=C(NCCS(=O)c1ccccc1)N1CCN(CC(=O)N2CCCCC2)CC1.I. The minimum Gasteiger partial charge on any atom is -0.355 e. The number of nitrogens with zero attached hydrogens (tertiary/aromatic N) is 4. The predicted octanol–water partition coefficient (Wildman–Crippen LogP) is 1.62. The Bertz CT molecular complexity index is 705. The summed E-state index contributed by atoms with van der Waals surface area (Å²) in [4.78, 5) is 24.2. The Balaban J connectivity index is 0.00000320. The zero-order valence-electron chi connectivity index (χ0n) is 17.8. The number of aliphatic imine (C=N–C) groups is 1. The largest absolute Gasteiger partial charge is 0.355 e. The van der Waals surface area contributed by atoms with Crippen molar-refractivity contribution in [3.8, 4) is 0 Å². The first kappa shape index (κ1) is 25.1. The Labute approximate surface area is 199 Å². The van der Waals surface area contributed by atoms with Crippen molar-refractivity contribution >= 4 is 46.6 Å². The van der Waals surface area contributed by atoms with Gasteiger partial charge in [-0.2, -0.15) is 0 Å². The summed E-state index contributed by atoms with van der Waals surface area (Å²) in [6.45, 7) is 6.37. The van der Waals surface area contributed by atoms with E-state index >= 15 is 0 Å². The van der Waals surface area contributed by atoms with Gasteiger partial charge in [-0.1, -0.05) is 18.2 Å². The highest BCUT2D eigenvalue weighted by Crippen LogP contribution is 2.10. The molecule has 0 radical (unpaired) electrons. The molecule has 0 saturated carbocycles. The highest BCUT2D eigenvalue weighted by atomic mass is 127. The fourth-order valence-electron chi connectivity index (χ4n) is 3.83. The van der Waals surface area contributed by atoms with E-state index in [-0.39, 0.29) is 29.9 Å². The van der Waals surface area contributed by atoms with E-state index in [9.17, 15) is 9.00 Å². The van der Waals surface area contributed by atoms with Gasteiger partial charge < -0.3 is 15.1 Å². The third-order valence-corrected chi connectivity index (χ3v) is 6.90. The molecule has 1 atom stereocenters. The highest BCUT2D eigenvalue weighted by molar-refractivity contribution is 14.0. The lowest BCUT2D eigenvalue weighted by Crippen LogP contribution is -2.54. The minimum atomic E-state index is -1.01. The van der Waals surface area contributed by atoms with E-state index < -0.39 is 10.8 Å². The molecule has 0 bridgehead atoms. The van der Waals surface area contributed by atoms with Crippen LogP contribution in [-0.2, 0) is 15.6 Å². The van der Waals surface area contributed by atoms with Gasteiger partial charge in [-0.25, -0.2) is 0 Å². The monoisotopic (exact) mass is 547 g/mol. The first-order chi connectivity index (χ1) is 14.2. The second kappa shape index (κ2) is 13.3. The van der Waals surface area contributed by atoms with E-state index in [1.807, 2.05) is 35.2 Å². The number of halogens is 1. The van der Waals surface area contributed by atoms with Gasteiger partial charge in [0.05, 0.1) is 17.3 Å². The van der Waals surface area contributed by atoms with Crippen LogP contribution < -0.4 is 5.32 Å². The van der Waals surface area contributed by atoms with Gasteiger partial charge in [0.25, 0.3) is 0 Å². The molecule has 2 fully saturated rings. The summed E-state index contributed by atoms with van der Waals surface area (Å²) in [6, 6.07) is 9.55. The Morgan fingerprint density at radius 1 is 1.00 bits per heavy atom. The molecule has 1 aromatic carbocycles. The number of hydrogen-bond acceptors (Lipinski definition) is 4. The molecule has 0 aromatic heterocycles. The molecule has 0 spiro atoms. The normalized spacial score (nSPS) is 19.2. The topological polar surface area (TPSA) is 68.2 Å².